The van der Waals surface area contributed by atoms with Gasteiger partial charge in [0.1, 0.15) is 11.5 Å². The van der Waals surface area contributed by atoms with Crippen molar-refractivity contribution in [1.82, 2.24) is 4.57 Å². The Morgan fingerprint density at radius 2 is 1.32 bits per heavy atom. The van der Waals surface area contributed by atoms with E-state index in [1.807, 2.05) is 60.7 Å². The number of aromatic nitrogens is 1. The van der Waals surface area contributed by atoms with Crippen LogP contribution in [0.1, 0.15) is 12.3 Å². The minimum Gasteiger partial charge on any atom is -0.456 e. The number of fused-ring (bicyclic) bond motifs is 7. The molecule has 0 unspecified atom stereocenters. The van der Waals surface area contributed by atoms with E-state index in [2.05, 4.69) is 28.8 Å². The maximum Gasteiger partial charge on any atom is 0.135 e. The standard InChI is InChI=1S/C38H23NO/c1-2-12-27(13-3-1)39-37-28-14-5-4-9-24(28)19-21-32(37)31-17-8-15-29(38(31)39)26-20-22-34-33(23-26)30-16-6-10-25-11-7-18-35(40-34)36(25)30/h1-23H/i6D,7D,10D,11D,16D,18D,20D,22D,23D. The summed E-state index contributed by atoms with van der Waals surface area (Å²) in [4.78, 5) is 0. The van der Waals surface area contributed by atoms with E-state index in [4.69, 9.17) is 13.0 Å². The van der Waals surface area contributed by atoms with Crippen molar-refractivity contribution in [2.75, 3.05) is 0 Å². The van der Waals surface area contributed by atoms with Crippen molar-refractivity contribution in [3.8, 4) is 39.4 Å². The molecule has 7 aromatic carbocycles. The first-order valence-electron chi connectivity index (χ1n) is 17.5. The summed E-state index contributed by atoms with van der Waals surface area (Å²) >= 11 is 0. The molecule has 0 radical (unpaired) electrons. The molecule has 0 amide bonds. The third-order valence-electron chi connectivity index (χ3n) is 7.66. The van der Waals surface area contributed by atoms with Crippen LogP contribution in [-0.4, -0.2) is 4.57 Å². The zero-order valence-corrected chi connectivity index (χ0v) is 20.9. The van der Waals surface area contributed by atoms with Crippen LogP contribution in [-0.2, 0) is 0 Å². The van der Waals surface area contributed by atoms with E-state index in [0.29, 0.717) is 5.56 Å². The number of hydrogen-bond donors (Lipinski definition) is 0. The van der Waals surface area contributed by atoms with Gasteiger partial charge in [0, 0.05) is 38.4 Å². The van der Waals surface area contributed by atoms with Gasteiger partial charge < -0.3 is 9.30 Å². The van der Waals surface area contributed by atoms with Crippen LogP contribution in [0.5, 0.6) is 11.5 Å². The second-order valence-corrected chi connectivity index (χ2v) is 9.82. The van der Waals surface area contributed by atoms with E-state index in [-0.39, 0.29) is 57.1 Å². The first-order valence-corrected chi connectivity index (χ1v) is 13.0. The molecule has 1 aliphatic rings. The largest absolute Gasteiger partial charge is 0.456 e. The molecule has 0 saturated carbocycles. The predicted molar refractivity (Wildman–Crippen MR) is 167 cm³/mol. The quantitative estimate of drug-likeness (QED) is 0.222. The molecule has 1 aliphatic heterocycles. The fourth-order valence-electron chi connectivity index (χ4n) is 5.95. The third-order valence-corrected chi connectivity index (χ3v) is 7.66. The molecule has 1 aromatic heterocycles. The molecule has 0 saturated heterocycles. The van der Waals surface area contributed by atoms with Gasteiger partial charge in [-0.1, -0.05) is 109 Å². The first-order chi connectivity index (χ1) is 23.6. The number of nitrogens with zero attached hydrogens (tertiary/aromatic N) is 1. The normalized spacial score (nSPS) is 15.3. The van der Waals surface area contributed by atoms with E-state index < -0.39 is 36.3 Å². The molecule has 40 heavy (non-hydrogen) atoms. The van der Waals surface area contributed by atoms with Crippen LogP contribution in [0, 0.1) is 0 Å². The van der Waals surface area contributed by atoms with Crippen LogP contribution in [0.2, 0.25) is 0 Å². The molecule has 0 bridgehead atoms. The van der Waals surface area contributed by atoms with Gasteiger partial charge in [-0.25, -0.2) is 0 Å². The summed E-state index contributed by atoms with van der Waals surface area (Å²) in [5.74, 6) is -0.454. The van der Waals surface area contributed by atoms with Crippen LogP contribution < -0.4 is 4.74 Å². The lowest BCUT2D eigenvalue weighted by Crippen LogP contribution is -1.98. The van der Waals surface area contributed by atoms with Crippen LogP contribution in [0.15, 0.2) is 139 Å². The zero-order chi connectivity index (χ0) is 34.0. The van der Waals surface area contributed by atoms with Crippen molar-refractivity contribution in [3.63, 3.8) is 0 Å². The van der Waals surface area contributed by atoms with Crippen LogP contribution in [0.4, 0.5) is 0 Å². The summed E-state index contributed by atoms with van der Waals surface area (Å²) in [6.07, 6.45) is 0. The molecular formula is C38H23NO. The number of hydrogen-bond acceptors (Lipinski definition) is 1. The highest BCUT2D eigenvalue weighted by atomic mass is 16.5. The molecule has 0 atom stereocenters. The summed E-state index contributed by atoms with van der Waals surface area (Å²) in [7, 11) is 0. The van der Waals surface area contributed by atoms with Crippen molar-refractivity contribution in [2.24, 2.45) is 0 Å². The molecule has 2 heteroatoms. The van der Waals surface area contributed by atoms with Crippen molar-refractivity contribution < 1.29 is 17.1 Å². The van der Waals surface area contributed by atoms with Gasteiger partial charge in [-0.15, -0.1) is 0 Å². The minimum atomic E-state index is -0.518. The summed E-state index contributed by atoms with van der Waals surface area (Å²) < 4.78 is 88.0. The smallest absolute Gasteiger partial charge is 0.135 e. The van der Waals surface area contributed by atoms with Crippen molar-refractivity contribution in [1.29, 1.82) is 0 Å². The van der Waals surface area contributed by atoms with E-state index in [9.17, 15) is 4.11 Å². The Labute approximate surface area is 244 Å². The number of ether oxygens (including phenoxy) is 1. The predicted octanol–water partition coefficient (Wildman–Crippen LogP) is 10.5. The number of benzene rings is 7. The number of rotatable bonds is 2. The molecule has 0 spiro atoms. The van der Waals surface area contributed by atoms with Gasteiger partial charge in [0.2, 0.25) is 0 Å². The maximum atomic E-state index is 9.68. The average molecular weight is 519 g/mol. The topological polar surface area (TPSA) is 14.2 Å². The summed E-state index contributed by atoms with van der Waals surface area (Å²) in [5, 5.41) is 3.80. The number of para-hydroxylation sites is 2. The Morgan fingerprint density at radius 1 is 0.525 bits per heavy atom. The molecule has 0 aliphatic carbocycles. The maximum absolute atomic E-state index is 9.68. The highest BCUT2D eigenvalue weighted by molar-refractivity contribution is 6.21. The average Bonchev–Trinajstić information content (AvgIpc) is 3.47. The lowest BCUT2D eigenvalue weighted by atomic mass is 9.92. The van der Waals surface area contributed by atoms with Gasteiger partial charge in [0.25, 0.3) is 0 Å². The monoisotopic (exact) mass is 518 g/mol. The summed E-state index contributed by atoms with van der Waals surface area (Å²) in [6.45, 7) is 0. The molecule has 8 aromatic rings. The molecule has 0 fully saturated rings. The van der Waals surface area contributed by atoms with Gasteiger partial charge in [0.05, 0.1) is 23.4 Å². The SMILES string of the molecule is [2H]c1c([2H])c(-c2cccc3c4ccc5ccccc5c4n(-c4ccccc4)c23)c([2H])c2c1Oc1c([2H])c([2H])c([2H])c3c([2H])c([2H])c([2H])c-2c13. The Morgan fingerprint density at radius 3 is 2.25 bits per heavy atom. The Kier molecular flexibility index (Phi) is 2.97. The lowest BCUT2D eigenvalue weighted by Gasteiger charge is -2.22. The van der Waals surface area contributed by atoms with E-state index in [1.165, 1.54) is 0 Å². The Hall–Kier alpha value is -5.34. The van der Waals surface area contributed by atoms with Crippen LogP contribution in [0.3, 0.4) is 0 Å². The van der Waals surface area contributed by atoms with Crippen molar-refractivity contribution in [3.05, 3.63) is 139 Å². The Bertz CT molecular complexity index is 2780. The second-order valence-electron chi connectivity index (χ2n) is 9.82. The molecule has 0 N–H and O–H groups in total. The van der Waals surface area contributed by atoms with E-state index in [1.54, 1.807) is 0 Å². The second kappa shape index (κ2) is 8.08. The highest BCUT2D eigenvalue weighted by Gasteiger charge is 2.22. The molecule has 2 heterocycles. The van der Waals surface area contributed by atoms with Crippen molar-refractivity contribution >= 4 is 43.4 Å². The van der Waals surface area contributed by atoms with E-state index >= 15 is 0 Å². The molecule has 2 nitrogen and oxygen atoms in total. The van der Waals surface area contributed by atoms with Gasteiger partial charge >= 0.3 is 0 Å². The third kappa shape index (κ3) is 2.93. The minimum absolute atomic E-state index is 0.0177. The fourth-order valence-corrected chi connectivity index (χ4v) is 5.95. The first kappa shape index (κ1) is 14.7. The van der Waals surface area contributed by atoms with Crippen molar-refractivity contribution in [2.45, 2.75) is 0 Å². The van der Waals surface area contributed by atoms with E-state index in [0.717, 1.165) is 38.3 Å². The van der Waals surface area contributed by atoms with Gasteiger partial charge in [-0.05, 0) is 52.2 Å². The summed E-state index contributed by atoms with van der Waals surface area (Å²) in [6, 6.07) is 24.0. The molecule has 9 rings (SSSR count). The molecule has 186 valence electrons. The van der Waals surface area contributed by atoms with Gasteiger partial charge in [-0.3, -0.25) is 0 Å². The fraction of sp³-hybridized carbons (Fsp3) is 0. The lowest BCUT2D eigenvalue weighted by molar-refractivity contribution is 0.487. The molecular weight excluding hydrogens is 486 g/mol. The zero-order valence-electron chi connectivity index (χ0n) is 29.9. The Balaban J connectivity index is 1.47. The van der Waals surface area contributed by atoms with Gasteiger partial charge in [-0.2, -0.15) is 0 Å². The van der Waals surface area contributed by atoms with Crippen LogP contribution >= 0.6 is 0 Å². The van der Waals surface area contributed by atoms with Crippen LogP contribution in [0.25, 0.3) is 71.3 Å². The summed E-state index contributed by atoms with van der Waals surface area (Å²) in [5.41, 5.74) is 3.12. The van der Waals surface area contributed by atoms with Gasteiger partial charge in [0.15, 0.2) is 0 Å². The highest BCUT2D eigenvalue weighted by Crippen LogP contribution is 2.48.